The van der Waals surface area contributed by atoms with Crippen LogP contribution in [0.25, 0.3) is 11.0 Å². The molecule has 0 bridgehead atoms. The molecule has 0 radical (unpaired) electrons. The fraction of sp³-hybridized carbons (Fsp3) is 0.500. The van der Waals surface area contributed by atoms with Gasteiger partial charge in [0.05, 0.1) is 28.4 Å². The number of imidazole rings is 1. The first kappa shape index (κ1) is 42.7. The van der Waals surface area contributed by atoms with E-state index in [0.29, 0.717) is 36.0 Å². The molecular weight excluding hydrogens is 787 g/mol. The fourth-order valence-electron chi connectivity index (χ4n) is 11.5. The van der Waals surface area contributed by atoms with Gasteiger partial charge in [-0.05, 0) is 173 Å². The van der Waals surface area contributed by atoms with Crippen LogP contribution >= 0.6 is 0 Å². The van der Waals surface area contributed by atoms with Crippen molar-refractivity contribution in [3.05, 3.63) is 123 Å². The van der Waals surface area contributed by atoms with E-state index in [9.17, 15) is 19.6 Å². The maximum Gasteiger partial charge on any atom is 0.329 e. The van der Waals surface area contributed by atoms with Crippen molar-refractivity contribution >= 4 is 22.8 Å². The minimum atomic E-state index is -0.662. The largest absolute Gasteiger partial charge is 0.487 e. The summed E-state index contributed by atoms with van der Waals surface area (Å²) in [6, 6.07) is 24.9. The Balaban J connectivity index is 0.723. The lowest BCUT2D eigenvalue weighted by Gasteiger charge is -2.44. The molecule has 2 unspecified atom stereocenters. The lowest BCUT2D eigenvalue weighted by Crippen LogP contribution is -2.44. The van der Waals surface area contributed by atoms with Crippen LogP contribution < -0.4 is 15.7 Å². The molecule has 11 heteroatoms. The van der Waals surface area contributed by atoms with Gasteiger partial charge in [-0.25, -0.2) is 14.8 Å². The Kier molecular flexibility index (Phi) is 11.9. The molecule has 4 heterocycles. The Labute approximate surface area is 370 Å². The van der Waals surface area contributed by atoms with Crippen LogP contribution in [0, 0.1) is 29.6 Å². The maximum absolute atomic E-state index is 13.3. The molecule has 5 aromatic rings. The summed E-state index contributed by atoms with van der Waals surface area (Å²) in [5.74, 6) is 2.21. The first-order valence-corrected chi connectivity index (χ1v) is 23.2. The van der Waals surface area contributed by atoms with Crippen molar-refractivity contribution in [2.24, 2.45) is 18.4 Å². The third kappa shape index (κ3) is 8.84. The number of imide groups is 1. The molecule has 2 aliphatic carbocycles. The average molecular weight is 848 g/mol. The summed E-state index contributed by atoms with van der Waals surface area (Å²) in [5, 5.41) is 11.9. The number of carbonyl (C=O) groups excluding carboxylic acids is 2. The predicted octanol–water partition coefficient (Wildman–Crippen LogP) is 8.73. The van der Waals surface area contributed by atoms with Gasteiger partial charge < -0.3 is 9.64 Å². The number of carbonyl (C=O) groups is 2. The summed E-state index contributed by atoms with van der Waals surface area (Å²) < 4.78 is 9.41. The molecule has 2 atom stereocenters. The van der Waals surface area contributed by atoms with Gasteiger partial charge in [0.2, 0.25) is 11.8 Å². The molecule has 63 heavy (non-hydrogen) atoms. The number of benzene rings is 3. The van der Waals surface area contributed by atoms with Gasteiger partial charge in [0.25, 0.3) is 0 Å². The quantitative estimate of drug-likeness (QED) is 0.131. The van der Waals surface area contributed by atoms with E-state index in [-0.39, 0.29) is 23.4 Å². The Morgan fingerprint density at radius 3 is 2.40 bits per heavy atom. The first-order chi connectivity index (χ1) is 30.4. The van der Waals surface area contributed by atoms with E-state index in [1.807, 2.05) is 49.5 Å². The summed E-state index contributed by atoms with van der Waals surface area (Å²) in [6.45, 7) is 9.02. The number of likely N-dealkylation sites (tertiary alicyclic amines) is 1. The number of amides is 2. The number of hydrogen-bond acceptors (Lipinski definition) is 8. The second-order valence-electron chi connectivity index (χ2n) is 19.7. The number of piperidine rings is 2. The lowest BCUT2D eigenvalue weighted by molar-refractivity contribution is -0.135. The minimum Gasteiger partial charge on any atom is -0.487 e. The summed E-state index contributed by atoms with van der Waals surface area (Å²) in [5.41, 5.74) is 7.85. The zero-order chi connectivity index (χ0) is 43.9. The van der Waals surface area contributed by atoms with E-state index < -0.39 is 11.9 Å². The highest BCUT2D eigenvalue weighted by Gasteiger charge is 2.43. The zero-order valence-corrected chi connectivity index (χ0v) is 37.4. The van der Waals surface area contributed by atoms with Crippen molar-refractivity contribution in [3.8, 4) is 11.8 Å². The Hall–Kier alpha value is -5.60. The molecule has 4 aliphatic rings. The first-order valence-electron chi connectivity index (χ1n) is 23.2. The molecule has 2 amide bonds. The number of nitriles is 1. The van der Waals surface area contributed by atoms with Gasteiger partial charge in [-0.3, -0.25) is 24.0 Å². The predicted molar refractivity (Wildman–Crippen MR) is 243 cm³/mol. The van der Waals surface area contributed by atoms with E-state index in [1.54, 1.807) is 16.2 Å². The molecule has 9 rings (SSSR count). The normalized spacial score (nSPS) is 23.6. The van der Waals surface area contributed by atoms with E-state index in [0.717, 1.165) is 84.1 Å². The monoisotopic (exact) mass is 847 g/mol. The van der Waals surface area contributed by atoms with Crippen molar-refractivity contribution in [2.75, 3.05) is 13.1 Å². The van der Waals surface area contributed by atoms with Crippen LogP contribution in [0.2, 0.25) is 0 Å². The molecule has 11 nitrogen and oxygen atoms in total. The van der Waals surface area contributed by atoms with Gasteiger partial charge >= 0.3 is 5.69 Å². The number of aryl methyl sites for hydroxylation is 3. The second-order valence-corrected chi connectivity index (χ2v) is 19.7. The van der Waals surface area contributed by atoms with Crippen LogP contribution in [-0.2, 0) is 35.1 Å². The van der Waals surface area contributed by atoms with Crippen molar-refractivity contribution in [1.29, 1.82) is 5.26 Å². The standard InChI is InChI=1S/C52H61N7O4/c1-34-27-36(32-53)29-40(28-34)51(2,3)39-7-9-43(10-8-39)63-33-41-18-24-54-47(55-41)13-5-35-15-21-52(31-35)22-16-42(17-23-52)58-25-19-37(20-26-58)38-6-11-44-46(30-38)57(4)50(62)59(44)45-12-14-48(60)56-49(45)61/h6-11,18,24,27-30,35,37,42,45H,5,12-17,19-23,25-26,31,33H2,1-4H3,(H,56,60,61). The van der Waals surface area contributed by atoms with E-state index >= 15 is 0 Å². The van der Waals surface area contributed by atoms with Crippen LogP contribution in [0.4, 0.5) is 0 Å². The molecule has 1 spiro atoms. The van der Waals surface area contributed by atoms with Gasteiger partial charge in [0.15, 0.2) is 0 Å². The lowest BCUT2D eigenvalue weighted by atomic mass is 9.70. The second kappa shape index (κ2) is 17.5. The van der Waals surface area contributed by atoms with Crippen LogP contribution in [0.1, 0.15) is 142 Å². The summed E-state index contributed by atoms with van der Waals surface area (Å²) in [7, 11) is 1.78. The van der Waals surface area contributed by atoms with Crippen molar-refractivity contribution in [2.45, 2.75) is 134 Å². The Morgan fingerprint density at radius 2 is 1.65 bits per heavy atom. The fourth-order valence-corrected chi connectivity index (χ4v) is 11.5. The third-order valence-corrected chi connectivity index (χ3v) is 15.4. The average Bonchev–Trinajstić information content (AvgIpc) is 3.81. The highest BCUT2D eigenvalue weighted by Crippen LogP contribution is 2.53. The topological polar surface area (TPSA) is 135 Å². The van der Waals surface area contributed by atoms with Crippen LogP contribution in [0.3, 0.4) is 0 Å². The van der Waals surface area contributed by atoms with Crippen molar-refractivity contribution in [1.82, 2.24) is 29.3 Å². The smallest absolute Gasteiger partial charge is 0.329 e. The number of aromatic nitrogens is 4. The van der Waals surface area contributed by atoms with Gasteiger partial charge in [-0.2, -0.15) is 5.26 Å². The summed E-state index contributed by atoms with van der Waals surface area (Å²) >= 11 is 0. The maximum atomic E-state index is 13.3. The number of hydrogen-bond donors (Lipinski definition) is 1. The molecule has 3 aromatic carbocycles. The minimum absolute atomic E-state index is 0.215. The van der Waals surface area contributed by atoms with Crippen LogP contribution in [0.5, 0.6) is 5.75 Å². The highest BCUT2D eigenvalue weighted by atomic mass is 16.5. The summed E-state index contributed by atoms with van der Waals surface area (Å²) in [4.78, 5) is 50.0. The molecule has 1 N–H and O–H groups in total. The molecule has 2 saturated heterocycles. The highest BCUT2D eigenvalue weighted by molar-refractivity contribution is 6.00. The van der Waals surface area contributed by atoms with E-state index in [4.69, 9.17) is 9.72 Å². The summed E-state index contributed by atoms with van der Waals surface area (Å²) in [6.07, 6.45) is 15.9. The number of ether oxygens (including phenoxy) is 1. The molecule has 2 aliphatic heterocycles. The van der Waals surface area contributed by atoms with Crippen LogP contribution in [-0.4, -0.2) is 54.9 Å². The van der Waals surface area contributed by atoms with Gasteiger partial charge in [0, 0.05) is 37.5 Å². The molecule has 2 saturated carbocycles. The molecule has 328 valence electrons. The number of nitrogens with zero attached hydrogens (tertiary/aromatic N) is 6. The van der Waals surface area contributed by atoms with Crippen molar-refractivity contribution < 1.29 is 14.3 Å². The molecule has 4 fully saturated rings. The number of fused-ring (bicyclic) bond motifs is 1. The zero-order valence-electron chi connectivity index (χ0n) is 37.4. The van der Waals surface area contributed by atoms with Gasteiger partial charge in [0.1, 0.15) is 24.2 Å². The molecular formula is C52H61N7O4. The van der Waals surface area contributed by atoms with Gasteiger partial charge in [-0.15, -0.1) is 0 Å². The van der Waals surface area contributed by atoms with Crippen molar-refractivity contribution in [3.63, 3.8) is 0 Å². The SMILES string of the molecule is Cc1cc(C#N)cc(C(C)(C)c2ccc(OCc3ccnc(CCC4CCC5(CCC(N6CCC(c7ccc8c(c7)n(C)c(=O)n8C7CCC(=O)NC7=O)CC6)CC5)C4)n3)cc2)c1. The van der Waals surface area contributed by atoms with E-state index in [1.165, 1.54) is 56.1 Å². The number of rotatable bonds is 11. The van der Waals surface area contributed by atoms with Gasteiger partial charge in [-0.1, -0.05) is 38.1 Å². The van der Waals surface area contributed by atoms with Crippen LogP contribution in [0.15, 0.2) is 77.7 Å². The third-order valence-electron chi connectivity index (χ3n) is 15.4. The number of nitrogens with one attached hydrogen (secondary N) is 1. The van der Waals surface area contributed by atoms with E-state index in [2.05, 4.69) is 65.4 Å². The molecule has 2 aromatic heterocycles. The Bertz CT molecular complexity index is 2600. The Morgan fingerprint density at radius 1 is 0.889 bits per heavy atom.